The lowest BCUT2D eigenvalue weighted by molar-refractivity contribution is -0.385. The number of aromatic nitrogens is 10. The SMILES string of the molecule is [C-]#[N+]C1=C(c2ccc(OC)cc2)Nc2[nH]ncc2C1c1ccccc1OC.[C-]#[N+]C1=C(c2cccc(OC)c2)Nc2[nH]ncc2C1c1ccccc1OC.[C-]#[N+]C1=C(c2cccc(OC)c2)Nc2[nH]ncc2C1c1ccccc1[N+](=O)[O-].[C-]#[N+]C1=C(c2ccccc2)Nc2[nH]ncc2C1c1ccccc1[N+](=O)[O-].[C-]#[N+]C1=C(c2ccccc2OC)Nc2[nH]ncc2C1c1ccccc1[N+](=O)[O-]. The smallest absolute Gasteiger partial charge is 0.272 e. The molecule has 5 aliphatic heterocycles. The van der Waals surface area contributed by atoms with Crippen LogP contribution in [0.5, 0.6) is 34.5 Å². The van der Waals surface area contributed by atoms with Gasteiger partial charge in [-0.15, -0.1) is 0 Å². The Morgan fingerprint density at radius 3 is 0.853 bits per heavy atom. The first-order valence-corrected chi connectivity index (χ1v) is 41.7. The van der Waals surface area contributed by atoms with Gasteiger partial charge >= 0.3 is 0 Å². The number of allylic oxidation sites excluding steroid dienone is 5. The minimum absolute atomic E-state index is 0.0138. The van der Waals surface area contributed by atoms with Crippen LogP contribution in [0.4, 0.5) is 46.2 Å². The first kappa shape index (κ1) is 89.8. The summed E-state index contributed by atoms with van der Waals surface area (Å²) < 4.78 is 32.5. The standard InChI is InChI=1S/2C21H18N4O2.2C20H15N5O3.C19H13N5O2/c1-22-20-18(15-9-4-5-10-17(15)27-3)16-12-23-25-21(16)24-19(20)13-7-6-8-14(11-13)26-2;1-22-20-18(15-6-4-5-7-17(15)27-3)16-12-23-25-21(16)24-19(20)13-8-10-14(26-2)11-9-13;1-21-19-17(12-7-3-5-9-15(12)25(26)27)14-11-22-24-20(14)23-18(19)13-8-4-6-10-16(13)28-2;1-21-19-17(14-8-3-4-9-16(14)25(26)27)15-11-22-24-20(15)23-18(19)12-6-5-7-13(10-12)28-2;1-20-18-16(13-9-5-6-10-15(13)24(25)26)14-11-21-23-19(14)22-17(18)12-7-3-2-4-8-12/h2*4-12,18H,2-3H3,(H2,23,24,25);2*3-11,17H,2H3,(H2,22,23,24);2-11,16H,(H2,21,22,23). The molecular formula is C101H79N23O12. The van der Waals surface area contributed by atoms with Gasteiger partial charge in [0.1, 0.15) is 63.6 Å². The Bertz CT molecular complexity index is 7490. The van der Waals surface area contributed by atoms with Crippen LogP contribution < -0.4 is 55.0 Å². The van der Waals surface area contributed by atoms with E-state index in [0.717, 1.165) is 90.5 Å². The Morgan fingerprint density at radius 1 is 0.265 bits per heavy atom. The maximum Gasteiger partial charge on any atom is 0.272 e. The second-order valence-electron chi connectivity index (χ2n) is 30.3. The van der Waals surface area contributed by atoms with E-state index in [9.17, 15) is 30.3 Å². The van der Waals surface area contributed by atoms with Crippen LogP contribution in [0.15, 0.2) is 308 Å². The van der Waals surface area contributed by atoms with Crippen molar-refractivity contribution in [2.24, 2.45) is 0 Å². The van der Waals surface area contributed by atoms with Crippen LogP contribution in [0.1, 0.15) is 113 Å². The number of fused-ring (bicyclic) bond motifs is 5. The normalized spacial score (nSPS) is 15.5. The van der Waals surface area contributed by atoms with Gasteiger partial charge in [-0.25, -0.2) is 24.2 Å². The number of para-hydroxylation sites is 6. The number of aromatic amines is 5. The number of nitrogens with zero attached hydrogens (tertiary/aromatic N) is 13. The van der Waals surface area contributed by atoms with Crippen molar-refractivity contribution in [3.8, 4) is 34.5 Å². The molecule has 35 heteroatoms. The molecule has 10 heterocycles. The fourth-order valence-corrected chi connectivity index (χ4v) is 17.0. The van der Waals surface area contributed by atoms with Gasteiger partial charge in [0.15, 0.2) is 0 Å². The molecule has 0 saturated carbocycles. The van der Waals surface area contributed by atoms with Crippen LogP contribution in [-0.4, -0.2) is 108 Å². The number of nitro groups is 3. The maximum absolute atomic E-state index is 11.6. The van der Waals surface area contributed by atoms with Crippen molar-refractivity contribution in [3.05, 3.63) is 479 Å². The summed E-state index contributed by atoms with van der Waals surface area (Å²) in [6, 6.07) is 74.4. The Balaban J connectivity index is 0.000000123. The number of benzene rings is 10. The third kappa shape index (κ3) is 17.7. The summed E-state index contributed by atoms with van der Waals surface area (Å²) >= 11 is 0. The summed E-state index contributed by atoms with van der Waals surface area (Å²) in [5, 5.41) is 86.3. The van der Waals surface area contributed by atoms with E-state index in [4.69, 9.17) is 61.3 Å². The predicted molar refractivity (Wildman–Crippen MR) is 512 cm³/mol. The molecule has 15 aromatic rings. The highest BCUT2D eigenvalue weighted by molar-refractivity contribution is 5.92. The Morgan fingerprint density at radius 2 is 0.529 bits per heavy atom. The Hall–Kier alpha value is -19.6. The van der Waals surface area contributed by atoms with Gasteiger partial charge < -0.3 is 55.0 Å². The third-order valence-electron chi connectivity index (χ3n) is 23.2. The molecule has 0 bridgehead atoms. The lowest BCUT2D eigenvalue weighted by atomic mass is 9.84. The highest BCUT2D eigenvalue weighted by Gasteiger charge is 2.42. The van der Waals surface area contributed by atoms with Crippen molar-refractivity contribution in [2.75, 3.05) is 69.2 Å². The molecule has 0 fully saturated rings. The number of hydrogen-bond acceptors (Lipinski definition) is 22. The zero-order valence-electron chi connectivity index (χ0n) is 73.2. The second kappa shape index (κ2) is 40.4. The monoisotopic (exact) mass is 1810 g/mol. The van der Waals surface area contributed by atoms with Crippen LogP contribution >= 0.6 is 0 Å². The molecule has 0 amide bonds. The topological polar surface area (TPSA) is 410 Å². The number of rotatable bonds is 19. The maximum atomic E-state index is 11.6. The summed E-state index contributed by atoms with van der Waals surface area (Å²) in [6.45, 7) is 39.2. The fourth-order valence-electron chi connectivity index (χ4n) is 17.0. The molecule has 5 unspecified atom stereocenters. The van der Waals surface area contributed by atoms with Crippen molar-refractivity contribution in [2.45, 2.75) is 29.6 Å². The van der Waals surface area contributed by atoms with Crippen molar-refractivity contribution in [1.29, 1.82) is 0 Å². The molecule has 5 atom stereocenters. The minimum atomic E-state index is -0.631. The van der Waals surface area contributed by atoms with E-state index in [2.05, 4.69) is 102 Å². The number of H-pyrrole nitrogens is 5. The van der Waals surface area contributed by atoms with E-state index in [1.165, 1.54) is 18.2 Å². The fraction of sp³-hybridized carbons (Fsp3) is 0.109. The van der Waals surface area contributed by atoms with Crippen molar-refractivity contribution in [3.63, 3.8) is 0 Å². The van der Waals surface area contributed by atoms with E-state index < -0.39 is 32.5 Å². The zero-order chi connectivity index (χ0) is 95.0. The minimum Gasteiger partial charge on any atom is -0.497 e. The van der Waals surface area contributed by atoms with Crippen molar-refractivity contribution < 1.29 is 43.2 Å². The van der Waals surface area contributed by atoms with Crippen LogP contribution in [0.2, 0.25) is 0 Å². The number of nitrogens with one attached hydrogen (secondary N) is 10. The van der Waals surface area contributed by atoms with Gasteiger partial charge in [0.2, 0.25) is 28.5 Å². The van der Waals surface area contributed by atoms with Gasteiger partial charge in [-0.2, -0.15) is 25.5 Å². The highest BCUT2D eigenvalue weighted by atomic mass is 16.6. The Labute approximate surface area is 777 Å². The quantitative estimate of drug-likeness (QED) is 0.0204. The van der Waals surface area contributed by atoms with E-state index in [0.29, 0.717) is 113 Å². The molecule has 5 aromatic heterocycles. The molecule has 0 saturated heterocycles. The summed E-state index contributed by atoms with van der Waals surface area (Å²) in [5.41, 5.74) is 16.6. The zero-order valence-corrected chi connectivity index (χ0v) is 73.2. The summed E-state index contributed by atoms with van der Waals surface area (Å²) in [4.78, 5) is 52.5. The van der Waals surface area contributed by atoms with Crippen LogP contribution in [0, 0.1) is 63.2 Å². The van der Waals surface area contributed by atoms with Crippen LogP contribution in [0.3, 0.4) is 0 Å². The molecule has 35 nitrogen and oxygen atoms in total. The summed E-state index contributed by atoms with van der Waals surface area (Å²) in [7, 11) is 9.66. The van der Waals surface area contributed by atoms with Crippen molar-refractivity contribution in [1.82, 2.24) is 51.0 Å². The van der Waals surface area contributed by atoms with Gasteiger partial charge in [-0.3, -0.25) is 55.8 Å². The molecule has 10 N–H and O–H groups in total. The van der Waals surface area contributed by atoms with Gasteiger partial charge in [0.05, 0.1) is 157 Å². The third-order valence-corrected chi connectivity index (χ3v) is 23.2. The summed E-state index contributed by atoms with van der Waals surface area (Å²) in [6.07, 6.45) is 8.31. The lowest BCUT2D eigenvalue weighted by Gasteiger charge is -2.27. The van der Waals surface area contributed by atoms with Crippen LogP contribution in [-0.2, 0) is 0 Å². The molecule has 0 spiro atoms. The number of methoxy groups -OCH3 is 6. The number of anilines is 5. The van der Waals surface area contributed by atoms with Gasteiger partial charge in [0, 0.05) is 91.1 Å². The molecule has 20 rings (SSSR count). The molecule has 5 aliphatic rings. The second-order valence-corrected chi connectivity index (χ2v) is 30.3. The molecule has 0 aliphatic carbocycles. The van der Waals surface area contributed by atoms with Gasteiger partial charge in [0.25, 0.3) is 17.1 Å². The van der Waals surface area contributed by atoms with Gasteiger partial charge in [-0.1, -0.05) is 176 Å². The predicted octanol–water partition coefficient (Wildman–Crippen LogP) is 21.1. The first-order valence-electron chi connectivity index (χ1n) is 41.7. The lowest BCUT2D eigenvalue weighted by Crippen LogP contribution is -2.17. The molecule has 136 heavy (non-hydrogen) atoms. The van der Waals surface area contributed by atoms with Gasteiger partial charge in [-0.05, 0) is 88.0 Å². The van der Waals surface area contributed by atoms with E-state index in [1.54, 1.807) is 134 Å². The number of nitro benzene ring substituents is 3. The average Bonchev–Trinajstić information content (AvgIpc) is 1.74. The number of ether oxygens (including phenoxy) is 6. The average molecular weight is 1810 g/mol. The largest absolute Gasteiger partial charge is 0.497 e. The van der Waals surface area contributed by atoms with Crippen molar-refractivity contribution >= 4 is 74.6 Å². The van der Waals surface area contributed by atoms with Crippen LogP contribution in [0.25, 0.3) is 52.7 Å². The first-order chi connectivity index (χ1) is 66.5. The number of hydrogen-bond donors (Lipinski definition) is 10. The molecular weight excluding hydrogens is 1730 g/mol. The highest BCUT2D eigenvalue weighted by Crippen LogP contribution is 2.53. The molecule has 10 aromatic carbocycles. The Kier molecular flexibility index (Phi) is 26.7. The van der Waals surface area contributed by atoms with E-state index in [1.807, 2.05) is 170 Å². The van der Waals surface area contributed by atoms with E-state index >= 15 is 0 Å². The van der Waals surface area contributed by atoms with E-state index in [-0.39, 0.29) is 28.9 Å². The summed E-state index contributed by atoms with van der Waals surface area (Å²) in [5.74, 6) is 5.24. The molecule has 670 valence electrons. The molecule has 0 radical (unpaired) electrons.